The van der Waals surface area contributed by atoms with Crippen molar-refractivity contribution < 1.29 is 14.7 Å². The molecule has 2 aromatic carbocycles. The minimum atomic E-state index is -0.711. The molecule has 0 bridgehead atoms. The van der Waals surface area contributed by atoms with E-state index in [1.165, 1.54) is 18.0 Å². The van der Waals surface area contributed by atoms with Gasteiger partial charge in [-0.15, -0.1) is 0 Å². The summed E-state index contributed by atoms with van der Waals surface area (Å²) in [5, 5.41) is 13.9. The van der Waals surface area contributed by atoms with Crippen LogP contribution in [0.2, 0.25) is 15.1 Å². The van der Waals surface area contributed by atoms with Crippen LogP contribution in [-0.4, -0.2) is 11.1 Å². The van der Waals surface area contributed by atoms with Crippen LogP contribution >= 0.6 is 46.6 Å². The highest BCUT2D eigenvalue weighted by molar-refractivity contribution is 8.00. The molecule has 0 aliphatic rings. The van der Waals surface area contributed by atoms with Crippen LogP contribution in [0.15, 0.2) is 71.9 Å². The third kappa shape index (κ3) is 5.08. The first-order valence-corrected chi connectivity index (χ1v) is 9.83. The Bertz CT molecular complexity index is 964. The average molecular weight is 441 g/mol. The van der Waals surface area contributed by atoms with Crippen LogP contribution < -0.4 is 10.0 Å². The average Bonchev–Trinajstić information content (AvgIpc) is 2.61. The Balaban J connectivity index is 1.95. The molecule has 0 aliphatic carbocycles. The maximum Gasteiger partial charge on any atom is 0.292 e. The Morgan fingerprint density at radius 2 is 1.67 bits per heavy atom. The summed E-state index contributed by atoms with van der Waals surface area (Å²) in [7, 11) is 0. The number of nitrogens with zero attached hydrogens (tertiary/aromatic N) is 1. The fourth-order valence-electron chi connectivity index (χ4n) is 2.41. The molecule has 8 heteroatoms. The summed E-state index contributed by atoms with van der Waals surface area (Å²) in [5.41, 5.74) is 1.10. The zero-order chi connectivity index (χ0) is 19.4. The van der Waals surface area contributed by atoms with Gasteiger partial charge in [0, 0.05) is 37.6 Å². The number of pyridine rings is 1. The largest absolute Gasteiger partial charge is 0.325 e. The molecule has 27 heavy (non-hydrogen) atoms. The lowest BCUT2D eigenvalue weighted by Gasteiger charge is -2.17. The van der Waals surface area contributed by atoms with Crippen molar-refractivity contribution in [3.63, 3.8) is 0 Å². The van der Waals surface area contributed by atoms with Gasteiger partial charge >= 0.3 is 0 Å². The first kappa shape index (κ1) is 19.8. The molecule has 4 nitrogen and oxygen atoms in total. The van der Waals surface area contributed by atoms with Gasteiger partial charge in [0.05, 0.1) is 0 Å². The summed E-state index contributed by atoms with van der Waals surface area (Å²) >= 11 is 19.5. The number of carbonyl (C=O) groups excluding carboxylic acids is 1. The number of benzene rings is 2. The summed E-state index contributed by atoms with van der Waals surface area (Å²) in [4.78, 5) is 13.0. The van der Waals surface area contributed by atoms with E-state index in [0.29, 0.717) is 31.3 Å². The standard InChI is InChI=1S/C19H13Cl3N2O2S/c20-12-9-13(21)11-14(10-12)23-19(25)18(15-5-1-2-6-16(15)22)27-17-7-3-4-8-24(17)26/h1-11,18H,(H-,23,25,26)/p+1. The van der Waals surface area contributed by atoms with Gasteiger partial charge in [-0.1, -0.05) is 53.0 Å². The number of rotatable bonds is 5. The number of carbonyl (C=O) groups is 1. The number of aromatic nitrogens is 1. The van der Waals surface area contributed by atoms with Gasteiger partial charge in [0.15, 0.2) is 0 Å². The summed E-state index contributed by atoms with van der Waals surface area (Å²) in [6.07, 6.45) is 1.49. The molecule has 0 fully saturated rings. The normalized spacial score (nSPS) is 11.8. The van der Waals surface area contributed by atoms with Crippen LogP contribution in [0.4, 0.5) is 5.69 Å². The molecule has 0 aliphatic heterocycles. The van der Waals surface area contributed by atoms with Crippen LogP contribution in [0.1, 0.15) is 10.8 Å². The van der Waals surface area contributed by atoms with Gasteiger partial charge in [0.2, 0.25) is 12.1 Å². The maximum absolute atomic E-state index is 13.0. The van der Waals surface area contributed by atoms with E-state index in [2.05, 4.69) is 5.32 Å². The lowest BCUT2D eigenvalue weighted by atomic mass is 10.1. The predicted octanol–water partition coefficient (Wildman–Crippen LogP) is 5.64. The second-order valence-corrected chi connectivity index (χ2v) is 7.96. The third-order valence-corrected chi connectivity index (χ3v) is 5.65. The minimum Gasteiger partial charge on any atom is -0.325 e. The van der Waals surface area contributed by atoms with Gasteiger partial charge in [-0.2, -0.15) is 0 Å². The molecule has 0 saturated heterocycles. The number of halogens is 3. The fourth-order valence-corrected chi connectivity index (χ4v) is 4.31. The number of thioether (sulfide) groups is 1. The van der Waals surface area contributed by atoms with E-state index in [-0.39, 0.29) is 5.91 Å². The maximum atomic E-state index is 13.0. The SMILES string of the molecule is O=C(Nc1cc(Cl)cc(Cl)c1)C(Sc1cccc[n+]1O)c1ccccc1Cl. The summed E-state index contributed by atoms with van der Waals surface area (Å²) in [6, 6.07) is 17.0. The van der Waals surface area contributed by atoms with Crippen molar-refractivity contribution in [2.75, 3.05) is 5.32 Å². The van der Waals surface area contributed by atoms with Crippen LogP contribution in [0.5, 0.6) is 0 Å². The Morgan fingerprint density at radius 1 is 1.00 bits per heavy atom. The van der Waals surface area contributed by atoms with E-state index < -0.39 is 5.25 Å². The summed E-state index contributed by atoms with van der Waals surface area (Å²) < 4.78 is 0.956. The Labute approximate surface area is 175 Å². The zero-order valence-corrected chi connectivity index (χ0v) is 16.9. The quantitative estimate of drug-likeness (QED) is 0.306. The lowest BCUT2D eigenvalue weighted by molar-refractivity contribution is -0.932. The molecule has 0 saturated carbocycles. The highest BCUT2D eigenvalue weighted by Crippen LogP contribution is 2.38. The number of hydrogen-bond acceptors (Lipinski definition) is 3. The molecule has 1 amide bonds. The van der Waals surface area contributed by atoms with Crippen molar-refractivity contribution in [3.8, 4) is 0 Å². The molecule has 1 heterocycles. The van der Waals surface area contributed by atoms with E-state index in [0.717, 1.165) is 4.73 Å². The molecule has 3 rings (SSSR count). The molecular weight excluding hydrogens is 427 g/mol. The van der Waals surface area contributed by atoms with Crippen LogP contribution in [0, 0.1) is 0 Å². The van der Waals surface area contributed by atoms with Crippen LogP contribution in [-0.2, 0) is 4.79 Å². The Kier molecular flexibility index (Phi) is 6.50. The predicted molar refractivity (Wildman–Crippen MR) is 109 cm³/mol. The van der Waals surface area contributed by atoms with Crippen LogP contribution in [0.3, 0.4) is 0 Å². The molecule has 2 N–H and O–H groups in total. The molecule has 1 aromatic heterocycles. The second kappa shape index (κ2) is 8.85. The smallest absolute Gasteiger partial charge is 0.292 e. The number of anilines is 1. The van der Waals surface area contributed by atoms with Gasteiger partial charge in [0.1, 0.15) is 5.25 Å². The first-order chi connectivity index (χ1) is 12.9. The molecule has 0 radical (unpaired) electrons. The van der Waals surface area contributed by atoms with E-state index in [1.54, 1.807) is 60.7 Å². The van der Waals surface area contributed by atoms with Crippen LogP contribution in [0.25, 0.3) is 0 Å². The van der Waals surface area contributed by atoms with Crippen molar-refractivity contribution in [1.82, 2.24) is 0 Å². The zero-order valence-electron chi connectivity index (χ0n) is 13.8. The molecule has 3 aromatic rings. The van der Waals surface area contributed by atoms with Gasteiger partial charge in [-0.25, -0.2) is 0 Å². The van der Waals surface area contributed by atoms with Crippen molar-refractivity contribution in [2.24, 2.45) is 0 Å². The molecule has 0 spiro atoms. The van der Waals surface area contributed by atoms with Gasteiger partial charge < -0.3 is 5.32 Å². The summed E-state index contributed by atoms with van der Waals surface area (Å²) in [5.74, 6) is -0.324. The highest BCUT2D eigenvalue weighted by Gasteiger charge is 2.28. The molecule has 138 valence electrons. The van der Waals surface area contributed by atoms with Crippen molar-refractivity contribution in [2.45, 2.75) is 10.3 Å². The summed E-state index contributed by atoms with van der Waals surface area (Å²) in [6.45, 7) is 0. The van der Waals surface area contributed by atoms with E-state index in [9.17, 15) is 10.0 Å². The van der Waals surface area contributed by atoms with E-state index >= 15 is 0 Å². The van der Waals surface area contributed by atoms with Gasteiger partial charge in [-0.05, 0) is 47.7 Å². The Hall–Kier alpha value is -1.92. The number of hydrogen-bond donors (Lipinski definition) is 2. The first-order valence-electron chi connectivity index (χ1n) is 7.82. The van der Waals surface area contributed by atoms with Gasteiger partial charge in [0.25, 0.3) is 5.03 Å². The van der Waals surface area contributed by atoms with E-state index in [4.69, 9.17) is 34.8 Å². The molecular formula is C19H14Cl3N2O2S+. The topological polar surface area (TPSA) is 53.2 Å². The second-order valence-electron chi connectivity index (χ2n) is 5.55. The van der Waals surface area contributed by atoms with Crippen molar-refractivity contribution in [1.29, 1.82) is 0 Å². The Morgan fingerprint density at radius 3 is 2.33 bits per heavy atom. The van der Waals surface area contributed by atoms with Crippen molar-refractivity contribution >= 4 is 58.2 Å². The molecule has 1 atom stereocenters. The minimum absolute atomic E-state index is 0.324. The lowest BCUT2D eigenvalue weighted by Crippen LogP contribution is -2.32. The molecule has 1 unspecified atom stereocenters. The highest BCUT2D eigenvalue weighted by atomic mass is 35.5. The van der Waals surface area contributed by atoms with E-state index in [1.807, 2.05) is 0 Å². The van der Waals surface area contributed by atoms with Crippen molar-refractivity contribution in [3.05, 3.63) is 87.5 Å². The number of amides is 1. The number of nitrogens with one attached hydrogen (secondary N) is 1. The fraction of sp³-hybridized carbons (Fsp3) is 0.0526. The monoisotopic (exact) mass is 439 g/mol. The third-order valence-electron chi connectivity index (χ3n) is 3.60. The van der Waals surface area contributed by atoms with Gasteiger partial charge in [-0.3, -0.25) is 10.0 Å².